The standard InChI is InChI=1S/C22H15NO2.C21H15NO2.C20H14N2O2.C16H11NO2S.C14H13NO2S.C13H12N2O2/c24-21(16-7-5-11-23-14-16)13-22(25)20-12-15-6-1-2-8-17(15)18-9-3-4-10-19(18)20;23-20(12-21(24)17-5-3-9-22-13-17)16-8-7-15-10-14-4-1-2-6-18(14)19(15)11-16;23-19(11-20(24)14-4-3-9-21-12-14)13-7-8-18-16(10-13)15-5-1-2-6-17(15)22-18;18-13(12-5-3-7-17-10-12)9-14(19)16-8-11-4-1-2-6-15(11)20-16;1-9-6-12(10(2)18-9)14(17)7-13(16)11-4-3-5-15-8-11;1-15-6-4-11(9-15)13(17)7-12(16)10-3-2-5-14-8-10/h1-12,14H,13H2;1-9,11,13H,10,12H2;1-10,12,22H,11H2;1-8,10H,9H2;3-6,8H,7H2,1-2H3;2-6,8-9H,7H2,1H3. The van der Waals surface area contributed by atoms with E-state index in [0.717, 1.165) is 75.2 Å². The lowest BCUT2D eigenvalue weighted by Gasteiger charge is -2.09. The Morgan fingerprint density at radius 3 is 1.20 bits per heavy atom. The monoisotopic (exact) mass is 1720 g/mol. The van der Waals surface area contributed by atoms with E-state index in [1.807, 2.05) is 179 Å². The number of hydrogen-bond donors (Lipinski definition) is 1. The predicted molar refractivity (Wildman–Crippen MR) is 498 cm³/mol. The molecule has 0 unspecified atom stereocenters. The maximum absolute atomic E-state index is 12.8. The first-order valence-electron chi connectivity index (χ1n) is 40.7. The second-order valence-corrected chi connectivity index (χ2v) is 32.5. The van der Waals surface area contributed by atoms with E-state index in [1.54, 1.807) is 150 Å². The number of aromatic nitrogens is 8. The molecular weight excluding hydrogens is 1640 g/mol. The molecule has 10 heterocycles. The van der Waals surface area contributed by atoms with Crippen molar-refractivity contribution in [2.24, 2.45) is 7.05 Å². The number of aryl methyl sites for hydroxylation is 3. The molecule has 10 aromatic heterocycles. The third kappa shape index (κ3) is 22.3. The summed E-state index contributed by atoms with van der Waals surface area (Å²) in [7, 11) is 1.83. The highest BCUT2D eigenvalue weighted by Crippen LogP contribution is 2.38. The van der Waals surface area contributed by atoms with Crippen LogP contribution in [0.3, 0.4) is 0 Å². The van der Waals surface area contributed by atoms with Crippen LogP contribution in [0, 0.1) is 13.8 Å². The number of hydrogen-bond acceptors (Lipinski definition) is 20. The fourth-order valence-electron chi connectivity index (χ4n) is 14.5. The summed E-state index contributed by atoms with van der Waals surface area (Å²) in [5.74, 6) is -2.14. The first-order valence-corrected chi connectivity index (χ1v) is 42.4. The maximum atomic E-state index is 12.8. The first kappa shape index (κ1) is 88.3. The van der Waals surface area contributed by atoms with Gasteiger partial charge in [-0.25, -0.2) is 0 Å². The van der Waals surface area contributed by atoms with Crippen molar-refractivity contribution in [3.8, 4) is 11.1 Å². The number of fused-ring (bicyclic) bond motifs is 10. The van der Waals surface area contributed by atoms with Crippen LogP contribution in [0.15, 0.2) is 342 Å². The Kier molecular flexibility index (Phi) is 28.9. The molecule has 0 spiro atoms. The number of aromatic amines is 1. The van der Waals surface area contributed by atoms with Crippen molar-refractivity contribution >= 4 is 146 Å². The van der Waals surface area contributed by atoms with Gasteiger partial charge < -0.3 is 9.55 Å². The van der Waals surface area contributed by atoms with Crippen LogP contribution in [0.4, 0.5) is 0 Å². The largest absolute Gasteiger partial charge is 0.357 e. The van der Waals surface area contributed by atoms with Crippen LogP contribution in [0.2, 0.25) is 0 Å². The Labute approximate surface area is 743 Å². The van der Waals surface area contributed by atoms with Crippen LogP contribution in [-0.4, -0.2) is 109 Å². The predicted octanol–water partition coefficient (Wildman–Crippen LogP) is 22.0. The van der Waals surface area contributed by atoms with Crippen LogP contribution in [0.25, 0.3) is 64.6 Å². The van der Waals surface area contributed by atoms with Gasteiger partial charge in [-0.3, -0.25) is 87.4 Å². The molecule has 0 fully saturated rings. The third-order valence-corrected chi connectivity index (χ3v) is 23.2. The number of pyridine rings is 6. The maximum Gasteiger partial charge on any atom is 0.180 e. The third-order valence-electron chi connectivity index (χ3n) is 21.0. The summed E-state index contributed by atoms with van der Waals surface area (Å²) >= 11 is 3.00. The lowest BCUT2D eigenvalue weighted by Crippen LogP contribution is -2.09. The first-order chi connectivity index (χ1) is 62.2. The van der Waals surface area contributed by atoms with Crippen molar-refractivity contribution < 1.29 is 57.5 Å². The van der Waals surface area contributed by atoms with Gasteiger partial charge >= 0.3 is 0 Å². The zero-order valence-corrected chi connectivity index (χ0v) is 71.3. The molecular formula is C106H80N8O12S2. The fraction of sp³-hybridized carbons (Fsp3) is 0.0943. The summed E-state index contributed by atoms with van der Waals surface area (Å²) in [6.45, 7) is 3.86. The lowest BCUT2D eigenvalue weighted by molar-refractivity contribution is 0.0878. The molecule has 1 aliphatic rings. The summed E-state index contributed by atoms with van der Waals surface area (Å²) in [5, 5.41) is 7.11. The molecule has 19 rings (SSSR count). The molecule has 0 saturated carbocycles. The number of carbonyl (C=O) groups excluding carboxylic acids is 12. The number of para-hydroxylation sites is 1. The van der Waals surface area contributed by atoms with Crippen molar-refractivity contribution in [1.82, 2.24) is 39.5 Å². The molecule has 0 bridgehead atoms. The Hall–Kier alpha value is -16.0. The van der Waals surface area contributed by atoms with Crippen LogP contribution >= 0.6 is 22.7 Å². The van der Waals surface area contributed by atoms with Gasteiger partial charge in [-0.05, 0) is 203 Å². The Morgan fingerprint density at radius 1 is 0.305 bits per heavy atom. The molecule has 22 heteroatoms. The summed E-state index contributed by atoms with van der Waals surface area (Å²) in [6, 6.07) is 78.5. The van der Waals surface area contributed by atoms with E-state index in [0.29, 0.717) is 66.1 Å². The normalized spacial score (nSPS) is 10.8. The molecule has 0 amide bonds. The minimum Gasteiger partial charge on any atom is -0.357 e. The van der Waals surface area contributed by atoms with Crippen molar-refractivity contribution in [2.75, 3.05) is 0 Å². The van der Waals surface area contributed by atoms with Gasteiger partial charge in [0.1, 0.15) is 0 Å². The summed E-state index contributed by atoms with van der Waals surface area (Å²) in [6.07, 6.45) is 22.1. The average molecular weight is 1720 g/mol. The summed E-state index contributed by atoms with van der Waals surface area (Å²) in [5.41, 5.74) is 12.6. The number of Topliss-reactive ketones (excluding diaryl/α,β-unsaturated/α-hetero) is 12. The number of ketones is 12. The molecule has 628 valence electrons. The zero-order valence-electron chi connectivity index (χ0n) is 69.6. The van der Waals surface area contributed by atoms with Crippen LogP contribution in [0.1, 0.15) is 183 Å². The fourth-order valence-corrected chi connectivity index (χ4v) is 16.5. The van der Waals surface area contributed by atoms with Crippen LogP contribution < -0.4 is 0 Å². The van der Waals surface area contributed by atoms with Gasteiger partial charge in [-0.1, -0.05) is 121 Å². The quantitative estimate of drug-likeness (QED) is 0.0334. The zero-order chi connectivity index (χ0) is 89.6. The highest BCUT2D eigenvalue weighted by atomic mass is 32.1. The number of carbonyl (C=O) groups is 12. The molecule has 1 aliphatic carbocycles. The van der Waals surface area contributed by atoms with E-state index in [2.05, 4.69) is 47.0 Å². The van der Waals surface area contributed by atoms with Crippen molar-refractivity contribution in [1.29, 1.82) is 0 Å². The molecule has 20 nitrogen and oxygen atoms in total. The van der Waals surface area contributed by atoms with E-state index >= 15 is 0 Å². The Morgan fingerprint density at radius 2 is 0.711 bits per heavy atom. The van der Waals surface area contributed by atoms with Gasteiger partial charge in [-0.15, -0.1) is 22.7 Å². The van der Waals surface area contributed by atoms with Crippen molar-refractivity contribution in [3.05, 3.63) is 428 Å². The average Bonchev–Trinajstić information content (AvgIpc) is 1.61. The van der Waals surface area contributed by atoms with Gasteiger partial charge in [0.2, 0.25) is 0 Å². The van der Waals surface area contributed by atoms with E-state index in [4.69, 9.17) is 0 Å². The number of benzene rings is 8. The molecule has 0 atom stereocenters. The number of rotatable bonds is 24. The minimum absolute atomic E-state index is 0.0945. The molecule has 18 aromatic rings. The SMILES string of the molecule is Cc1cc(C(=O)CC(=O)c2cccnc2)c(C)s1.Cn1ccc(C(=O)CC(=O)c2cccnc2)c1.O=C(CC(=O)c1cc2ccccc2c2ccccc12)c1cccnc1.O=C(CC(=O)c1cc2ccccc2s1)c1cccnc1.O=C(CC(=O)c1ccc2[nH]c3ccccc3c2c1)c1cccnc1.O=C(CC(=O)c1ccc2c(c1)-c1ccccc1C2)c1cccnc1. The smallest absolute Gasteiger partial charge is 0.180 e. The van der Waals surface area contributed by atoms with E-state index < -0.39 is 0 Å². The van der Waals surface area contributed by atoms with Gasteiger partial charge in [0.15, 0.2) is 69.4 Å². The summed E-state index contributed by atoms with van der Waals surface area (Å²) < 4.78 is 2.84. The van der Waals surface area contributed by atoms with E-state index in [9.17, 15) is 57.5 Å². The second-order valence-electron chi connectivity index (χ2n) is 30.0. The Bertz CT molecular complexity index is 7180. The number of nitrogens with one attached hydrogen (secondary N) is 1. The highest BCUT2D eigenvalue weighted by Gasteiger charge is 2.25. The second kappa shape index (κ2) is 41.9. The molecule has 1 N–H and O–H groups in total. The van der Waals surface area contributed by atoms with Gasteiger partial charge in [0, 0.05) is 191 Å². The lowest BCUT2D eigenvalue weighted by atomic mass is 9.93. The van der Waals surface area contributed by atoms with Crippen molar-refractivity contribution in [2.45, 2.75) is 58.8 Å². The molecule has 0 aliphatic heterocycles. The molecule has 0 radical (unpaired) electrons. The number of thiophene rings is 2. The Balaban J connectivity index is 0.000000125. The molecule has 128 heavy (non-hydrogen) atoms. The number of H-pyrrole nitrogens is 1. The highest BCUT2D eigenvalue weighted by molar-refractivity contribution is 7.20. The topological polar surface area (TPSA) is 303 Å². The van der Waals surface area contributed by atoms with Crippen LogP contribution in [0.5, 0.6) is 0 Å². The van der Waals surface area contributed by atoms with E-state index in [1.165, 1.54) is 65.2 Å². The van der Waals surface area contributed by atoms with Crippen LogP contribution in [-0.2, 0) is 13.5 Å². The van der Waals surface area contributed by atoms with Crippen molar-refractivity contribution in [3.63, 3.8) is 0 Å². The molecule has 0 saturated heterocycles. The molecule has 8 aromatic carbocycles. The minimum atomic E-state index is -0.216. The van der Waals surface area contributed by atoms with Gasteiger partial charge in [0.25, 0.3) is 0 Å². The number of nitrogens with zero attached hydrogens (tertiary/aromatic N) is 7. The van der Waals surface area contributed by atoms with Gasteiger partial charge in [-0.2, -0.15) is 0 Å². The van der Waals surface area contributed by atoms with Gasteiger partial charge in [0.05, 0.1) is 43.4 Å². The van der Waals surface area contributed by atoms with E-state index in [-0.39, 0.29) is 108 Å². The summed E-state index contributed by atoms with van der Waals surface area (Å²) in [4.78, 5) is 176.